The lowest BCUT2D eigenvalue weighted by Gasteiger charge is -2.48. The molecule has 2 aromatic rings. The molecule has 27 heavy (non-hydrogen) atoms. The molecule has 0 aliphatic carbocycles. The number of benzene rings is 2. The van der Waals surface area contributed by atoms with Crippen LogP contribution in [0, 0.1) is 11.8 Å². The zero-order valence-corrected chi connectivity index (χ0v) is 17.4. The number of anilines is 2. The van der Waals surface area contributed by atoms with Gasteiger partial charge in [-0.25, -0.2) is 0 Å². The van der Waals surface area contributed by atoms with Gasteiger partial charge in [0, 0.05) is 16.9 Å². The Labute approximate surface area is 178 Å². The topological polar surface area (TPSA) is 3.24 Å². The Balaban J connectivity index is 0.00000364. The van der Waals surface area contributed by atoms with E-state index in [2.05, 4.69) is 100 Å². The summed E-state index contributed by atoms with van der Waals surface area (Å²) in [7, 11) is 0. The van der Waals surface area contributed by atoms with Crippen molar-refractivity contribution < 1.29 is 0 Å². The van der Waals surface area contributed by atoms with Crippen LogP contribution in [0.1, 0.15) is 66.7 Å². The molecule has 0 spiro atoms. The first-order valence-corrected chi connectivity index (χ1v) is 10.4. The molecule has 1 nitrogen and oxygen atoms in total. The summed E-state index contributed by atoms with van der Waals surface area (Å²) in [6.07, 6.45) is 6.19. The van der Waals surface area contributed by atoms with Crippen molar-refractivity contribution in [2.45, 2.75) is 72.3 Å². The molecule has 0 saturated heterocycles. The van der Waals surface area contributed by atoms with E-state index in [1.54, 1.807) is 0 Å². The van der Waals surface area contributed by atoms with Crippen LogP contribution in [-0.2, 0) is 0 Å². The van der Waals surface area contributed by atoms with Gasteiger partial charge in [0.25, 0.3) is 0 Å². The highest BCUT2D eigenvalue weighted by atomic mass is 27.0. The molecule has 2 heteroatoms. The Morgan fingerprint density at radius 1 is 0.741 bits per heavy atom. The van der Waals surface area contributed by atoms with Crippen LogP contribution < -0.4 is 4.90 Å². The molecule has 0 aliphatic rings. The van der Waals surface area contributed by atoms with Gasteiger partial charge in [-0.3, -0.25) is 0 Å². The van der Waals surface area contributed by atoms with Crippen molar-refractivity contribution in [3.8, 4) is 0 Å². The zero-order chi connectivity index (χ0) is 19.0. The highest BCUT2D eigenvalue weighted by Crippen LogP contribution is 2.43. The largest absolute Gasteiger partial charge is 0.335 e. The third-order valence-electron chi connectivity index (χ3n) is 5.08. The molecule has 0 aliphatic heterocycles. The molecule has 0 saturated carbocycles. The predicted molar refractivity (Wildman–Crippen MR) is 126 cm³/mol. The Morgan fingerprint density at radius 3 is 1.48 bits per heavy atom. The second-order valence-corrected chi connectivity index (χ2v) is 8.53. The highest BCUT2D eigenvalue weighted by molar-refractivity contribution is 5.75. The summed E-state index contributed by atoms with van der Waals surface area (Å²) >= 11 is 0. The van der Waals surface area contributed by atoms with E-state index < -0.39 is 0 Å². The lowest BCUT2D eigenvalue weighted by molar-refractivity contribution is 0.258. The van der Waals surface area contributed by atoms with Crippen molar-refractivity contribution >= 4 is 28.7 Å². The monoisotopic (exact) mass is 381 g/mol. The van der Waals surface area contributed by atoms with Gasteiger partial charge in [0.1, 0.15) is 0 Å². The number of unbranched alkanes of at least 4 members (excludes halogenated alkanes) is 1. The van der Waals surface area contributed by atoms with E-state index in [4.69, 9.17) is 0 Å². The summed E-state index contributed by atoms with van der Waals surface area (Å²) in [5.74, 6) is 1.33. The zero-order valence-electron chi connectivity index (χ0n) is 17.4. The molecule has 0 bridgehead atoms. The molecule has 148 valence electrons. The fourth-order valence-corrected chi connectivity index (χ4v) is 4.46. The van der Waals surface area contributed by atoms with Crippen LogP contribution in [0.4, 0.5) is 11.4 Å². The van der Waals surface area contributed by atoms with E-state index in [-0.39, 0.29) is 22.9 Å². The van der Waals surface area contributed by atoms with Crippen LogP contribution in [0.2, 0.25) is 0 Å². The SMILES string of the molecule is CCCCC(CC(C)C)(CC(C)C)N(c1ccccc1)c1ccccc1.[AlH3]. The van der Waals surface area contributed by atoms with Gasteiger partial charge in [0.2, 0.25) is 0 Å². The molecule has 0 amide bonds. The van der Waals surface area contributed by atoms with Crippen molar-refractivity contribution in [2.24, 2.45) is 11.8 Å². The summed E-state index contributed by atoms with van der Waals surface area (Å²) in [5.41, 5.74) is 2.79. The van der Waals surface area contributed by atoms with Crippen molar-refractivity contribution in [1.29, 1.82) is 0 Å². The fourth-order valence-electron chi connectivity index (χ4n) is 4.46. The normalized spacial score (nSPS) is 11.5. The van der Waals surface area contributed by atoms with Crippen LogP contribution in [-0.4, -0.2) is 22.9 Å². The minimum atomic E-state index is 0. The van der Waals surface area contributed by atoms with E-state index in [1.807, 2.05) is 0 Å². The molecule has 0 aromatic heterocycles. The van der Waals surface area contributed by atoms with Crippen LogP contribution in [0.25, 0.3) is 0 Å². The number of rotatable bonds is 10. The molecule has 2 aromatic carbocycles. The van der Waals surface area contributed by atoms with Gasteiger partial charge in [0.15, 0.2) is 17.4 Å². The molecule has 0 heterocycles. The van der Waals surface area contributed by atoms with Gasteiger partial charge in [-0.15, -0.1) is 0 Å². The van der Waals surface area contributed by atoms with Gasteiger partial charge in [0.05, 0.1) is 0 Å². The summed E-state index contributed by atoms with van der Waals surface area (Å²) in [5, 5.41) is 0. The molecule has 0 radical (unpaired) electrons. The second-order valence-electron chi connectivity index (χ2n) is 8.53. The lowest BCUT2D eigenvalue weighted by Crippen LogP contribution is -2.48. The van der Waals surface area contributed by atoms with E-state index in [9.17, 15) is 0 Å². The molecular weight excluding hydrogens is 341 g/mol. The first-order valence-electron chi connectivity index (χ1n) is 10.4. The number of hydrogen-bond donors (Lipinski definition) is 0. The number of nitrogens with zero attached hydrogens (tertiary/aromatic N) is 1. The first-order chi connectivity index (χ1) is 12.5. The second kappa shape index (κ2) is 11.6. The van der Waals surface area contributed by atoms with Crippen molar-refractivity contribution in [1.82, 2.24) is 0 Å². The smallest absolute Gasteiger partial charge is 0.187 e. The van der Waals surface area contributed by atoms with Gasteiger partial charge in [-0.05, 0) is 55.4 Å². The molecule has 0 N–H and O–H groups in total. The molecular formula is C25H40AlN. The predicted octanol–water partition coefficient (Wildman–Crippen LogP) is 6.66. The summed E-state index contributed by atoms with van der Waals surface area (Å²) in [6.45, 7) is 11.8. The Morgan fingerprint density at radius 2 is 1.15 bits per heavy atom. The molecule has 2 rings (SSSR count). The van der Waals surface area contributed by atoms with Gasteiger partial charge >= 0.3 is 0 Å². The summed E-state index contributed by atoms with van der Waals surface area (Å²) < 4.78 is 0. The quantitative estimate of drug-likeness (QED) is 0.416. The standard InChI is InChI=1S/C25H37N.Al.3H/c1-6-7-18-25(19-21(2)3,20-22(4)5)26(23-14-10-8-11-15-23)24-16-12-9-13-17-24;;;;/h8-17,21-22H,6-7,18-20H2,1-5H3;;;;. The van der Waals surface area contributed by atoms with Crippen LogP contribution >= 0.6 is 0 Å². The maximum absolute atomic E-state index is 2.66. The summed E-state index contributed by atoms with van der Waals surface area (Å²) in [4.78, 5) is 2.66. The fraction of sp³-hybridized carbons (Fsp3) is 0.520. The van der Waals surface area contributed by atoms with Gasteiger partial charge < -0.3 is 4.90 Å². The van der Waals surface area contributed by atoms with Crippen LogP contribution in [0.15, 0.2) is 60.7 Å². The van der Waals surface area contributed by atoms with Crippen molar-refractivity contribution in [3.63, 3.8) is 0 Å². The lowest BCUT2D eigenvalue weighted by atomic mass is 9.76. The van der Waals surface area contributed by atoms with Crippen molar-refractivity contribution in [3.05, 3.63) is 60.7 Å². The minimum Gasteiger partial charge on any atom is -0.335 e. The van der Waals surface area contributed by atoms with Crippen LogP contribution in [0.3, 0.4) is 0 Å². The first kappa shape index (κ1) is 23.8. The van der Waals surface area contributed by atoms with Crippen molar-refractivity contribution in [2.75, 3.05) is 4.90 Å². The number of hydrogen-bond acceptors (Lipinski definition) is 1. The highest BCUT2D eigenvalue weighted by Gasteiger charge is 2.38. The average Bonchev–Trinajstić information content (AvgIpc) is 2.61. The van der Waals surface area contributed by atoms with E-state index >= 15 is 0 Å². The average molecular weight is 382 g/mol. The Bertz CT molecular complexity index is 572. The molecule has 0 fully saturated rings. The molecule has 0 unspecified atom stereocenters. The van der Waals surface area contributed by atoms with Gasteiger partial charge in [-0.2, -0.15) is 0 Å². The molecule has 0 atom stereocenters. The maximum atomic E-state index is 2.66. The van der Waals surface area contributed by atoms with Crippen LogP contribution in [0.5, 0.6) is 0 Å². The third-order valence-corrected chi connectivity index (χ3v) is 5.08. The Kier molecular flexibility index (Phi) is 10.2. The van der Waals surface area contributed by atoms with E-state index in [1.165, 1.54) is 43.5 Å². The summed E-state index contributed by atoms with van der Waals surface area (Å²) in [6, 6.07) is 22.0. The maximum Gasteiger partial charge on any atom is 0.187 e. The van der Waals surface area contributed by atoms with E-state index in [0.717, 1.165) is 0 Å². The minimum absolute atomic E-state index is 0. The number of para-hydroxylation sites is 2. The third kappa shape index (κ3) is 6.70. The Hall–Kier alpha value is -1.23. The van der Waals surface area contributed by atoms with Gasteiger partial charge in [-0.1, -0.05) is 83.9 Å². The van der Waals surface area contributed by atoms with E-state index in [0.29, 0.717) is 11.8 Å².